The molecule has 20 heavy (non-hydrogen) atoms. The van der Waals surface area contributed by atoms with Crippen LogP contribution >= 0.6 is 27.3 Å². The van der Waals surface area contributed by atoms with Crippen molar-refractivity contribution in [2.24, 2.45) is 5.84 Å². The van der Waals surface area contributed by atoms with Crippen molar-refractivity contribution in [2.45, 2.75) is 13.0 Å². The van der Waals surface area contributed by atoms with Crippen LogP contribution in [0.25, 0.3) is 10.8 Å². The fraction of sp³-hybridized carbons (Fsp3) is 0.125. The van der Waals surface area contributed by atoms with Gasteiger partial charge in [0.05, 0.1) is 6.04 Å². The number of hydrogen-bond acceptors (Lipinski definition) is 3. The molecule has 0 spiro atoms. The SMILES string of the molecule is Cc1cc(C(NN)c2ccc3cc(Br)ccc3c2)cs1. The van der Waals surface area contributed by atoms with E-state index < -0.39 is 0 Å². The summed E-state index contributed by atoms with van der Waals surface area (Å²) in [5, 5.41) is 4.60. The second-order valence-electron chi connectivity index (χ2n) is 4.84. The van der Waals surface area contributed by atoms with E-state index in [1.807, 2.05) is 0 Å². The van der Waals surface area contributed by atoms with Crippen molar-refractivity contribution < 1.29 is 0 Å². The molecular formula is C16H15BrN2S. The van der Waals surface area contributed by atoms with E-state index in [-0.39, 0.29) is 6.04 Å². The van der Waals surface area contributed by atoms with Gasteiger partial charge in [-0.15, -0.1) is 11.3 Å². The number of thiophene rings is 1. The first-order chi connectivity index (χ1) is 9.67. The van der Waals surface area contributed by atoms with Gasteiger partial charge in [-0.1, -0.05) is 34.1 Å². The molecule has 0 bridgehead atoms. The Kier molecular flexibility index (Phi) is 3.89. The van der Waals surface area contributed by atoms with E-state index in [1.54, 1.807) is 11.3 Å². The van der Waals surface area contributed by atoms with Crippen LogP contribution < -0.4 is 11.3 Å². The van der Waals surface area contributed by atoms with Crippen molar-refractivity contribution >= 4 is 38.0 Å². The summed E-state index contributed by atoms with van der Waals surface area (Å²) in [6.07, 6.45) is 0. The van der Waals surface area contributed by atoms with Crippen LogP contribution in [0.2, 0.25) is 0 Å². The Morgan fingerprint density at radius 3 is 2.50 bits per heavy atom. The average molecular weight is 347 g/mol. The maximum absolute atomic E-state index is 5.76. The lowest BCUT2D eigenvalue weighted by molar-refractivity contribution is 0.639. The van der Waals surface area contributed by atoms with Gasteiger partial charge in [-0.05, 0) is 58.5 Å². The number of aryl methyl sites for hydroxylation is 1. The van der Waals surface area contributed by atoms with Crippen LogP contribution in [0.15, 0.2) is 52.3 Å². The lowest BCUT2D eigenvalue weighted by atomic mass is 9.98. The molecular weight excluding hydrogens is 332 g/mol. The van der Waals surface area contributed by atoms with E-state index in [2.05, 4.69) is 76.1 Å². The minimum absolute atomic E-state index is 0.0352. The molecule has 1 aromatic heterocycles. The van der Waals surface area contributed by atoms with E-state index in [0.29, 0.717) is 0 Å². The van der Waals surface area contributed by atoms with Gasteiger partial charge in [0.25, 0.3) is 0 Å². The second-order valence-corrected chi connectivity index (χ2v) is 6.87. The van der Waals surface area contributed by atoms with Crippen molar-refractivity contribution in [3.8, 4) is 0 Å². The third kappa shape index (κ3) is 2.65. The summed E-state index contributed by atoms with van der Waals surface area (Å²) >= 11 is 5.25. The second kappa shape index (κ2) is 5.66. The van der Waals surface area contributed by atoms with Gasteiger partial charge in [-0.2, -0.15) is 0 Å². The summed E-state index contributed by atoms with van der Waals surface area (Å²) in [5.41, 5.74) is 5.32. The smallest absolute Gasteiger partial charge is 0.0718 e. The van der Waals surface area contributed by atoms with Crippen LogP contribution in [-0.4, -0.2) is 0 Å². The molecule has 3 N–H and O–H groups in total. The summed E-state index contributed by atoms with van der Waals surface area (Å²) in [4.78, 5) is 1.30. The molecule has 1 heterocycles. The summed E-state index contributed by atoms with van der Waals surface area (Å²) < 4.78 is 1.10. The number of nitrogens with two attached hydrogens (primary N) is 1. The summed E-state index contributed by atoms with van der Waals surface area (Å²) in [5.74, 6) is 5.76. The first-order valence-electron chi connectivity index (χ1n) is 6.38. The lowest BCUT2D eigenvalue weighted by Crippen LogP contribution is -2.28. The Hall–Kier alpha value is -1.20. The maximum Gasteiger partial charge on any atom is 0.0718 e. The summed E-state index contributed by atoms with van der Waals surface area (Å²) in [7, 11) is 0. The zero-order chi connectivity index (χ0) is 14.1. The highest BCUT2D eigenvalue weighted by Gasteiger charge is 2.14. The quantitative estimate of drug-likeness (QED) is 0.540. The number of halogens is 1. The molecule has 3 rings (SSSR count). The predicted octanol–water partition coefficient (Wildman–Crippen LogP) is 4.52. The minimum Gasteiger partial charge on any atom is -0.271 e. The van der Waals surface area contributed by atoms with Crippen LogP contribution in [0, 0.1) is 6.92 Å². The standard InChI is InChI=1S/C16H15BrN2S/c1-10-6-14(9-20-10)16(19-18)13-3-2-12-8-15(17)5-4-11(12)7-13/h2-9,16,19H,18H2,1H3. The molecule has 2 nitrogen and oxygen atoms in total. The van der Waals surface area contributed by atoms with Gasteiger partial charge in [0.15, 0.2) is 0 Å². The van der Waals surface area contributed by atoms with Gasteiger partial charge >= 0.3 is 0 Å². The number of hydrogen-bond donors (Lipinski definition) is 2. The van der Waals surface area contributed by atoms with Crippen LogP contribution in [-0.2, 0) is 0 Å². The Morgan fingerprint density at radius 2 is 1.80 bits per heavy atom. The molecule has 0 amide bonds. The molecule has 1 atom stereocenters. The highest BCUT2D eigenvalue weighted by molar-refractivity contribution is 9.10. The van der Waals surface area contributed by atoms with Gasteiger partial charge in [0.1, 0.15) is 0 Å². The largest absolute Gasteiger partial charge is 0.271 e. The minimum atomic E-state index is 0.0352. The van der Waals surface area contributed by atoms with E-state index in [4.69, 9.17) is 5.84 Å². The zero-order valence-corrected chi connectivity index (χ0v) is 13.5. The molecule has 0 aliphatic carbocycles. The highest BCUT2D eigenvalue weighted by atomic mass is 79.9. The maximum atomic E-state index is 5.76. The van der Waals surface area contributed by atoms with Gasteiger partial charge in [0.2, 0.25) is 0 Å². The van der Waals surface area contributed by atoms with Gasteiger partial charge in [0, 0.05) is 9.35 Å². The van der Waals surface area contributed by atoms with Crippen molar-refractivity contribution in [1.29, 1.82) is 0 Å². The molecule has 102 valence electrons. The molecule has 0 radical (unpaired) electrons. The molecule has 3 aromatic rings. The average Bonchev–Trinajstić information content (AvgIpc) is 2.86. The Bertz CT molecular complexity index is 751. The number of benzene rings is 2. The van der Waals surface area contributed by atoms with Crippen molar-refractivity contribution in [2.75, 3.05) is 0 Å². The number of hydrazine groups is 1. The molecule has 1 unspecified atom stereocenters. The van der Waals surface area contributed by atoms with Crippen LogP contribution in [0.3, 0.4) is 0 Å². The number of fused-ring (bicyclic) bond motifs is 1. The molecule has 0 saturated heterocycles. The molecule has 2 aromatic carbocycles. The van der Waals surface area contributed by atoms with Crippen molar-refractivity contribution in [1.82, 2.24) is 5.43 Å². The van der Waals surface area contributed by atoms with Gasteiger partial charge in [-0.3, -0.25) is 5.84 Å². The van der Waals surface area contributed by atoms with E-state index in [0.717, 1.165) is 4.47 Å². The topological polar surface area (TPSA) is 38.0 Å². The van der Waals surface area contributed by atoms with E-state index >= 15 is 0 Å². The van der Waals surface area contributed by atoms with Crippen LogP contribution in [0.1, 0.15) is 22.0 Å². The fourth-order valence-electron chi connectivity index (χ4n) is 2.41. The first-order valence-corrected chi connectivity index (χ1v) is 8.05. The normalized spacial score (nSPS) is 12.8. The van der Waals surface area contributed by atoms with Crippen molar-refractivity contribution in [3.63, 3.8) is 0 Å². The summed E-state index contributed by atoms with van der Waals surface area (Å²) in [6, 6.07) is 15.0. The zero-order valence-electron chi connectivity index (χ0n) is 11.1. The van der Waals surface area contributed by atoms with E-state index in [1.165, 1.54) is 26.8 Å². The Morgan fingerprint density at radius 1 is 1.05 bits per heavy atom. The van der Waals surface area contributed by atoms with Gasteiger partial charge in [-0.25, -0.2) is 5.43 Å². The Labute approximate surface area is 130 Å². The third-order valence-electron chi connectivity index (χ3n) is 3.41. The predicted molar refractivity (Wildman–Crippen MR) is 89.9 cm³/mol. The molecule has 0 fully saturated rings. The van der Waals surface area contributed by atoms with Crippen molar-refractivity contribution in [3.05, 3.63) is 68.3 Å². The number of rotatable bonds is 3. The third-order valence-corrected chi connectivity index (χ3v) is 4.78. The first kappa shape index (κ1) is 13.8. The highest BCUT2D eigenvalue weighted by Crippen LogP contribution is 2.29. The van der Waals surface area contributed by atoms with Gasteiger partial charge < -0.3 is 0 Å². The Balaban J connectivity index is 2.05. The lowest BCUT2D eigenvalue weighted by Gasteiger charge is -2.16. The molecule has 4 heteroatoms. The molecule has 0 aliphatic rings. The molecule has 0 saturated carbocycles. The van der Waals surface area contributed by atoms with Crippen LogP contribution in [0.4, 0.5) is 0 Å². The number of nitrogens with one attached hydrogen (secondary N) is 1. The van der Waals surface area contributed by atoms with Crippen LogP contribution in [0.5, 0.6) is 0 Å². The fourth-order valence-corrected chi connectivity index (χ4v) is 3.52. The van der Waals surface area contributed by atoms with E-state index in [9.17, 15) is 0 Å². The molecule has 0 aliphatic heterocycles. The summed E-state index contributed by atoms with van der Waals surface area (Å²) in [6.45, 7) is 2.11. The monoisotopic (exact) mass is 346 g/mol.